The zero-order valence-corrected chi connectivity index (χ0v) is 6.72. The molecule has 3 heteroatoms. The lowest BCUT2D eigenvalue weighted by molar-refractivity contribution is 0.112. The Balaban J connectivity index is 3.35. The average Bonchev–Trinajstić information content (AvgIpc) is 1.96. The number of phenols is 1. The van der Waals surface area contributed by atoms with E-state index in [0.717, 1.165) is 0 Å². The summed E-state index contributed by atoms with van der Waals surface area (Å²) in [6.45, 7) is 1.69. The zero-order chi connectivity index (χ0) is 8.43. The van der Waals surface area contributed by atoms with Crippen LogP contribution in [0.25, 0.3) is 0 Å². The van der Waals surface area contributed by atoms with Gasteiger partial charge in [-0.3, -0.25) is 4.79 Å². The first-order valence-electron chi connectivity index (χ1n) is 3.09. The summed E-state index contributed by atoms with van der Waals surface area (Å²) in [7, 11) is 0. The molecule has 0 amide bonds. The van der Waals surface area contributed by atoms with Crippen molar-refractivity contribution in [1.82, 2.24) is 0 Å². The quantitative estimate of drug-likeness (QED) is 0.656. The van der Waals surface area contributed by atoms with E-state index in [2.05, 4.69) is 0 Å². The third-order valence-electron chi connectivity index (χ3n) is 1.42. The first kappa shape index (κ1) is 8.08. The molecule has 0 atom stereocenters. The summed E-state index contributed by atoms with van der Waals surface area (Å²) < 4.78 is 0. The molecule has 1 rings (SSSR count). The van der Waals surface area contributed by atoms with Crippen LogP contribution in [0.2, 0.25) is 5.02 Å². The molecule has 1 N–H and O–H groups in total. The van der Waals surface area contributed by atoms with Crippen molar-refractivity contribution in [2.24, 2.45) is 0 Å². The van der Waals surface area contributed by atoms with E-state index >= 15 is 0 Å². The second-order valence-corrected chi connectivity index (χ2v) is 2.71. The molecule has 0 aliphatic carbocycles. The highest BCUT2D eigenvalue weighted by Gasteiger charge is 2.03. The van der Waals surface area contributed by atoms with Crippen LogP contribution >= 0.6 is 11.6 Å². The van der Waals surface area contributed by atoms with E-state index in [1.54, 1.807) is 13.0 Å². The van der Waals surface area contributed by atoms with Crippen molar-refractivity contribution in [3.63, 3.8) is 0 Å². The Hall–Kier alpha value is -1.02. The minimum absolute atomic E-state index is 0.00407. The van der Waals surface area contributed by atoms with Crippen molar-refractivity contribution < 1.29 is 9.90 Å². The van der Waals surface area contributed by atoms with E-state index in [1.807, 2.05) is 0 Å². The summed E-state index contributed by atoms with van der Waals surface area (Å²) in [6, 6.07) is 3.03. The van der Waals surface area contributed by atoms with Crippen LogP contribution < -0.4 is 0 Å². The molecule has 1 aromatic carbocycles. The normalized spacial score (nSPS) is 9.64. The third kappa shape index (κ3) is 1.52. The van der Waals surface area contributed by atoms with Crippen molar-refractivity contribution >= 4 is 17.9 Å². The van der Waals surface area contributed by atoms with E-state index < -0.39 is 0 Å². The highest BCUT2D eigenvalue weighted by Crippen LogP contribution is 2.24. The number of aryl methyl sites for hydroxylation is 1. The van der Waals surface area contributed by atoms with Crippen molar-refractivity contribution in [1.29, 1.82) is 0 Å². The molecule has 58 valence electrons. The fourth-order valence-corrected chi connectivity index (χ4v) is 1.13. The van der Waals surface area contributed by atoms with Crippen LogP contribution in [0.4, 0.5) is 0 Å². The second kappa shape index (κ2) is 2.93. The molecule has 0 aromatic heterocycles. The lowest BCUT2D eigenvalue weighted by atomic mass is 10.1. The van der Waals surface area contributed by atoms with E-state index in [0.29, 0.717) is 16.9 Å². The van der Waals surface area contributed by atoms with Crippen LogP contribution in [-0.4, -0.2) is 11.4 Å². The van der Waals surface area contributed by atoms with E-state index in [1.165, 1.54) is 6.07 Å². The maximum Gasteiger partial charge on any atom is 0.153 e. The smallest absolute Gasteiger partial charge is 0.153 e. The van der Waals surface area contributed by atoms with Crippen LogP contribution in [0.5, 0.6) is 5.75 Å². The number of rotatable bonds is 1. The maximum atomic E-state index is 10.3. The number of halogens is 1. The molecular formula is C8H7ClO2. The zero-order valence-electron chi connectivity index (χ0n) is 5.97. The van der Waals surface area contributed by atoms with Crippen LogP contribution in [0, 0.1) is 6.92 Å². The Morgan fingerprint density at radius 3 is 2.73 bits per heavy atom. The van der Waals surface area contributed by atoms with Crippen molar-refractivity contribution in [3.8, 4) is 5.75 Å². The fourth-order valence-electron chi connectivity index (χ4n) is 0.851. The summed E-state index contributed by atoms with van der Waals surface area (Å²) in [5, 5.41) is 9.69. The molecule has 0 radical (unpaired) electrons. The molecule has 1 aromatic rings. The fraction of sp³-hybridized carbons (Fsp3) is 0.125. The van der Waals surface area contributed by atoms with Gasteiger partial charge in [0.15, 0.2) is 6.29 Å². The first-order valence-corrected chi connectivity index (χ1v) is 3.47. The Kier molecular flexibility index (Phi) is 2.15. The lowest BCUT2D eigenvalue weighted by Crippen LogP contribution is -1.84. The van der Waals surface area contributed by atoms with Gasteiger partial charge in [-0.2, -0.15) is 0 Å². The average molecular weight is 171 g/mol. The second-order valence-electron chi connectivity index (χ2n) is 2.28. The van der Waals surface area contributed by atoms with Gasteiger partial charge in [0.2, 0.25) is 0 Å². The number of hydrogen-bond acceptors (Lipinski definition) is 2. The van der Waals surface area contributed by atoms with Gasteiger partial charge in [-0.05, 0) is 24.6 Å². The molecule has 0 saturated heterocycles. The molecule has 0 aliphatic rings. The Morgan fingerprint density at radius 1 is 1.55 bits per heavy atom. The van der Waals surface area contributed by atoms with Gasteiger partial charge >= 0.3 is 0 Å². The topological polar surface area (TPSA) is 37.3 Å². The molecule has 0 spiro atoms. The lowest BCUT2D eigenvalue weighted by Gasteiger charge is -2.01. The Morgan fingerprint density at radius 2 is 2.18 bits per heavy atom. The van der Waals surface area contributed by atoms with E-state index in [4.69, 9.17) is 11.6 Å². The van der Waals surface area contributed by atoms with Gasteiger partial charge in [-0.15, -0.1) is 0 Å². The minimum atomic E-state index is 0.00407. The van der Waals surface area contributed by atoms with Gasteiger partial charge in [0.1, 0.15) is 5.75 Å². The minimum Gasteiger partial charge on any atom is -0.507 e. The molecule has 0 bridgehead atoms. The molecule has 2 nitrogen and oxygen atoms in total. The molecule has 0 fully saturated rings. The van der Waals surface area contributed by atoms with E-state index in [9.17, 15) is 9.90 Å². The highest BCUT2D eigenvalue weighted by molar-refractivity contribution is 6.31. The number of aromatic hydroxyl groups is 1. The van der Waals surface area contributed by atoms with Crippen molar-refractivity contribution in [3.05, 3.63) is 28.3 Å². The van der Waals surface area contributed by atoms with Gasteiger partial charge in [0.25, 0.3) is 0 Å². The van der Waals surface area contributed by atoms with Crippen LogP contribution in [0.1, 0.15) is 15.9 Å². The number of hydrogen-bond donors (Lipinski definition) is 1. The van der Waals surface area contributed by atoms with Crippen LogP contribution in [0.15, 0.2) is 12.1 Å². The number of benzene rings is 1. The molecule has 0 unspecified atom stereocenters. The molecule has 0 aliphatic heterocycles. The van der Waals surface area contributed by atoms with Crippen LogP contribution in [0.3, 0.4) is 0 Å². The summed E-state index contributed by atoms with van der Waals surface area (Å²) in [6.07, 6.45) is 0.578. The first-order chi connectivity index (χ1) is 5.15. The molecular weight excluding hydrogens is 164 g/mol. The predicted octanol–water partition coefficient (Wildman–Crippen LogP) is 2.17. The Bertz CT molecular complexity index is 294. The monoisotopic (exact) mass is 170 g/mol. The summed E-state index contributed by atoms with van der Waals surface area (Å²) in [5.74, 6) is 0.00407. The van der Waals surface area contributed by atoms with Gasteiger partial charge in [-0.1, -0.05) is 11.6 Å². The maximum absolute atomic E-state index is 10.3. The summed E-state index contributed by atoms with van der Waals surface area (Å²) in [5.41, 5.74) is 0.842. The van der Waals surface area contributed by atoms with Crippen LogP contribution in [-0.2, 0) is 0 Å². The number of carbonyl (C=O) groups is 1. The van der Waals surface area contributed by atoms with Crippen molar-refractivity contribution in [2.75, 3.05) is 0 Å². The Labute approximate surface area is 69.4 Å². The van der Waals surface area contributed by atoms with Gasteiger partial charge in [0, 0.05) is 5.02 Å². The highest BCUT2D eigenvalue weighted by atomic mass is 35.5. The number of carbonyl (C=O) groups excluding carboxylic acids is 1. The number of aldehydes is 1. The predicted molar refractivity (Wildman–Crippen MR) is 43.2 cm³/mol. The van der Waals surface area contributed by atoms with E-state index in [-0.39, 0.29) is 11.3 Å². The van der Waals surface area contributed by atoms with Crippen molar-refractivity contribution in [2.45, 2.75) is 6.92 Å². The summed E-state index contributed by atoms with van der Waals surface area (Å²) >= 11 is 5.63. The number of phenolic OH excluding ortho intramolecular Hbond substituents is 1. The standard InChI is InChI=1S/C8H7ClO2/c1-5-2-7(9)3-6(4-10)8(5)11/h2-4,11H,1H3. The SMILES string of the molecule is Cc1cc(Cl)cc(C=O)c1O. The summed E-state index contributed by atoms with van der Waals surface area (Å²) in [4.78, 5) is 10.3. The third-order valence-corrected chi connectivity index (χ3v) is 1.64. The van der Waals surface area contributed by atoms with Gasteiger partial charge in [-0.25, -0.2) is 0 Å². The molecule has 11 heavy (non-hydrogen) atoms. The van der Waals surface area contributed by atoms with Gasteiger partial charge < -0.3 is 5.11 Å². The molecule has 0 heterocycles. The molecule has 0 saturated carbocycles. The largest absolute Gasteiger partial charge is 0.507 e. The van der Waals surface area contributed by atoms with Gasteiger partial charge in [0.05, 0.1) is 5.56 Å².